The van der Waals surface area contributed by atoms with E-state index in [4.69, 9.17) is 5.26 Å². The number of alkyl halides is 9. The van der Waals surface area contributed by atoms with Gasteiger partial charge in [0, 0.05) is 44.4 Å². The third kappa shape index (κ3) is 10.8. The van der Waals surface area contributed by atoms with E-state index >= 15 is 0 Å². The van der Waals surface area contributed by atoms with E-state index in [-0.39, 0.29) is 17.7 Å². The number of rotatable bonds is 6. The smallest absolute Gasteiger partial charge is 0.388 e. The number of hydrogen-bond donors (Lipinski definition) is 0. The zero-order valence-electron chi connectivity index (χ0n) is 20.3. The SMILES string of the molecule is CC.COC.N#CC(CC(=O)c1ccc(C(F)(F)F)nc1)CC(=O)c1cc(C(F)(F)F)nc(C(F)(F)F)c1. The fraction of sp³-hybridized carbons (Fsp3) is 0.435. The number of aromatic nitrogens is 2. The fourth-order valence-corrected chi connectivity index (χ4v) is 2.56. The highest BCUT2D eigenvalue weighted by atomic mass is 19.4. The number of nitriles is 1. The van der Waals surface area contributed by atoms with Crippen LogP contribution in [0.4, 0.5) is 39.5 Å². The Labute approximate surface area is 211 Å². The van der Waals surface area contributed by atoms with Crippen molar-refractivity contribution in [1.82, 2.24) is 9.97 Å². The number of Topliss-reactive ketones (excluding diaryl/α,β-unsaturated/α-hetero) is 2. The zero-order chi connectivity index (χ0) is 29.9. The second-order valence-corrected chi connectivity index (χ2v) is 7.04. The van der Waals surface area contributed by atoms with Crippen LogP contribution in [0.2, 0.25) is 0 Å². The van der Waals surface area contributed by atoms with E-state index in [2.05, 4.69) is 14.7 Å². The molecule has 0 N–H and O–H groups in total. The van der Waals surface area contributed by atoms with Crippen LogP contribution in [0.3, 0.4) is 0 Å². The Hall–Kier alpha value is -3.54. The second-order valence-electron chi connectivity index (χ2n) is 7.04. The lowest BCUT2D eigenvalue weighted by atomic mass is 9.93. The van der Waals surface area contributed by atoms with Gasteiger partial charge < -0.3 is 4.74 Å². The van der Waals surface area contributed by atoms with Crippen molar-refractivity contribution in [2.75, 3.05) is 14.2 Å². The Balaban J connectivity index is 0.00000255. The molecule has 1 atom stereocenters. The number of pyridine rings is 2. The molecule has 2 heterocycles. The van der Waals surface area contributed by atoms with Gasteiger partial charge >= 0.3 is 18.5 Å². The number of hydrogen-bond acceptors (Lipinski definition) is 6. The number of ether oxygens (including phenoxy) is 1. The molecule has 2 rings (SSSR count). The summed E-state index contributed by atoms with van der Waals surface area (Å²) in [7, 11) is 3.25. The van der Waals surface area contributed by atoms with Crippen molar-refractivity contribution in [3.8, 4) is 6.07 Å². The summed E-state index contributed by atoms with van der Waals surface area (Å²) in [6.07, 6.45) is -16.4. The predicted molar refractivity (Wildman–Crippen MR) is 115 cm³/mol. The van der Waals surface area contributed by atoms with E-state index in [9.17, 15) is 49.1 Å². The minimum atomic E-state index is -5.30. The van der Waals surface area contributed by atoms with Crippen LogP contribution >= 0.6 is 0 Å². The van der Waals surface area contributed by atoms with Gasteiger partial charge in [-0.05, 0) is 24.3 Å². The molecule has 0 aliphatic rings. The maximum Gasteiger partial charge on any atom is 0.433 e. The van der Waals surface area contributed by atoms with Crippen LogP contribution in [0.25, 0.3) is 0 Å². The standard InChI is InChI=1S/C19H10F9N3O2.C2H6O.C2H6/c20-17(21,22)14-2-1-10(8-30-14)12(32)3-9(7-29)4-13(33)11-5-15(18(23,24)25)31-16(6-11)19(26,27)28;1-3-2;1-2/h1-2,5-6,8-9H,3-4H2;1-2H3;1-2H3. The molecule has 210 valence electrons. The molecule has 2 aromatic heterocycles. The summed E-state index contributed by atoms with van der Waals surface area (Å²) in [5, 5.41) is 9.14. The molecule has 0 spiro atoms. The van der Waals surface area contributed by atoms with Crippen molar-refractivity contribution in [3.05, 3.63) is 58.7 Å². The molecule has 0 aromatic carbocycles. The molecule has 0 radical (unpaired) electrons. The van der Waals surface area contributed by atoms with Crippen LogP contribution in [0.5, 0.6) is 0 Å². The first kappa shape index (κ1) is 34.5. The Kier molecular flexibility index (Phi) is 13.1. The Morgan fingerprint density at radius 2 is 1.21 bits per heavy atom. The van der Waals surface area contributed by atoms with Gasteiger partial charge in [0.25, 0.3) is 0 Å². The summed E-state index contributed by atoms with van der Waals surface area (Å²) in [4.78, 5) is 30.0. The average Bonchev–Trinajstić information content (AvgIpc) is 2.83. The normalized spacial score (nSPS) is 12.2. The van der Waals surface area contributed by atoms with Crippen LogP contribution in [0.1, 0.15) is 64.5 Å². The first-order valence-corrected chi connectivity index (χ1v) is 10.5. The van der Waals surface area contributed by atoms with E-state index in [0.29, 0.717) is 12.3 Å². The maximum absolute atomic E-state index is 12.9. The maximum atomic E-state index is 12.9. The Morgan fingerprint density at radius 3 is 1.53 bits per heavy atom. The minimum absolute atomic E-state index is 0.0909. The molecule has 2 aromatic rings. The molecule has 0 aliphatic heterocycles. The quantitative estimate of drug-likeness (QED) is 0.285. The Morgan fingerprint density at radius 1 is 0.816 bits per heavy atom. The van der Waals surface area contributed by atoms with Crippen LogP contribution in [0.15, 0.2) is 30.5 Å². The van der Waals surface area contributed by atoms with Crippen LogP contribution in [-0.2, 0) is 23.3 Å². The molecule has 0 fully saturated rings. The second kappa shape index (κ2) is 14.4. The molecule has 1 unspecified atom stereocenters. The lowest BCUT2D eigenvalue weighted by molar-refractivity contribution is -0.150. The van der Waals surface area contributed by atoms with E-state index in [0.717, 1.165) is 6.07 Å². The molecule has 0 amide bonds. The van der Waals surface area contributed by atoms with Gasteiger partial charge in [0.2, 0.25) is 0 Å². The van der Waals surface area contributed by atoms with Crippen LogP contribution in [0, 0.1) is 17.2 Å². The zero-order valence-corrected chi connectivity index (χ0v) is 20.3. The summed E-state index contributed by atoms with van der Waals surface area (Å²) >= 11 is 0. The van der Waals surface area contributed by atoms with Crippen molar-refractivity contribution >= 4 is 11.6 Å². The van der Waals surface area contributed by atoms with Gasteiger partial charge in [-0.3, -0.25) is 14.6 Å². The highest BCUT2D eigenvalue weighted by molar-refractivity contribution is 5.99. The number of methoxy groups -OCH3 is 1. The van der Waals surface area contributed by atoms with Crippen molar-refractivity contribution in [3.63, 3.8) is 0 Å². The molecular formula is C23H22F9N3O3. The third-order valence-corrected chi connectivity index (χ3v) is 4.15. The minimum Gasteiger partial charge on any atom is -0.388 e. The number of nitrogens with zero attached hydrogens (tertiary/aromatic N) is 3. The first-order chi connectivity index (χ1) is 17.4. The first-order valence-electron chi connectivity index (χ1n) is 10.5. The molecule has 6 nitrogen and oxygen atoms in total. The summed E-state index contributed by atoms with van der Waals surface area (Å²) in [5.41, 5.74) is -6.58. The van der Waals surface area contributed by atoms with Gasteiger partial charge in [-0.15, -0.1) is 0 Å². The van der Waals surface area contributed by atoms with E-state index in [1.165, 1.54) is 6.07 Å². The number of carbonyl (C=O) groups excluding carboxylic acids is 2. The molecule has 0 aliphatic carbocycles. The predicted octanol–water partition coefficient (Wildman–Crippen LogP) is 6.81. The van der Waals surface area contributed by atoms with Crippen molar-refractivity contribution in [2.24, 2.45) is 5.92 Å². The van der Waals surface area contributed by atoms with Crippen LogP contribution < -0.4 is 0 Å². The topological polar surface area (TPSA) is 92.9 Å². The van der Waals surface area contributed by atoms with Gasteiger partial charge in [0.15, 0.2) is 11.6 Å². The number of halogens is 9. The van der Waals surface area contributed by atoms with Crippen molar-refractivity contribution in [1.29, 1.82) is 5.26 Å². The third-order valence-electron chi connectivity index (χ3n) is 4.15. The summed E-state index contributed by atoms with van der Waals surface area (Å²) in [6, 6.07) is 3.00. The van der Waals surface area contributed by atoms with Crippen LogP contribution in [-0.4, -0.2) is 35.8 Å². The monoisotopic (exact) mass is 559 g/mol. The molecule has 38 heavy (non-hydrogen) atoms. The number of ketones is 2. The van der Waals surface area contributed by atoms with Gasteiger partial charge in [0.1, 0.15) is 17.1 Å². The molecular weight excluding hydrogens is 537 g/mol. The van der Waals surface area contributed by atoms with E-state index in [1.54, 1.807) is 14.2 Å². The lowest BCUT2D eigenvalue weighted by Crippen LogP contribution is -2.18. The fourth-order valence-electron chi connectivity index (χ4n) is 2.56. The Bertz CT molecular complexity index is 1070. The molecule has 15 heteroatoms. The van der Waals surface area contributed by atoms with Crippen molar-refractivity contribution in [2.45, 2.75) is 45.2 Å². The van der Waals surface area contributed by atoms with Gasteiger partial charge in [0.05, 0.1) is 12.0 Å². The van der Waals surface area contributed by atoms with Crippen molar-refractivity contribution < 1.29 is 53.8 Å². The van der Waals surface area contributed by atoms with Gasteiger partial charge in [-0.25, -0.2) is 4.98 Å². The molecule has 0 bridgehead atoms. The summed E-state index contributed by atoms with van der Waals surface area (Å²) in [6.45, 7) is 4.00. The summed E-state index contributed by atoms with van der Waals surface area (Å²) < 4.78 is 119. The average molecular weight is 559 g/mol. The van der Waals surface area contributed by atoms with E-state index < -0.39 is 71.5 Å². The van der Waals surface area contributed by atoms with E-state index in [1.807, 2.05) is 13.8 Å². The molecule has 0 saturated carbocycles. The highest BCUT2D eigenvalue weighted by Gasteiger charge is 2.39. The molecule has 0 saturated heterocycles. The number of carbonyl (C=O) groups is 2. The highest BCUT2D eigenvalue weighted by Crippen LogP contribution is 2.34. The lowest BCUT2D eigenvalue weighted by Gasteiger charge is -2.13. The summed E-state index contributed by atoms with van der Waals surface area (Å²) in [5.74, 6) is -3.68. The van der Waals surface area contributed by atoms with Gasteiger partial charge in [-0.1, -0.05) is 13.8 Å². The largest absolute Gasteiger partial charge is 0.433 e. The van der Waals surface area contributed by atoms with Gasteiger partial charge in [-0.2, -0.15) is 44.8 Å².